The molecule has 1 aromatic carbocycles. The lowest BCUT2D eigenvalue weighted by Crippen LogP contribution is -2.39. The Bertz CT molecular complexity index is 821. The molecule has 2 heterocycles. The smallest absolute Gasteiger partial charge is 0.257 e. The molecule has 1 aliphatic heterocycles. The third-order valence-corrected chi connectivity index (χ3v) is 4.75. The van der Waals surface area contributed by atoms with Crippen molar-refractivity contribution in [1.29, 1.82) is 0 Å². The summed E-state index contributed by atoms with van der Waals surface area (Å²) in [6.07, 6.45) is 5.05. The highest BCUT2D eigenvalue weighted by atomic mass is 35.5. The molecule has 0 spiro atoms. The van der Waals surface area contributed by atoms with Crippen LogP contribution >= 0.6 is 23.2 Å². The van der Waals surface area contributed by atoms with E-state index in [1.54, 1.807) is 24.3 Å². The minimum absolute atomic E-state index is 0.0931. The third kappa shape index (κ3) is 4.54. The standard InChI is InChI=1S/C19H19Cl2N3O2/c1-12-3-2-4-24(11-12)19(26)14-5-13(9-22-10-14)18(25)23-17-7-15(20)6-16(21)8-17/h5-10,12H,2-4,11H2,1H3,(H,23,25). The molecule has 2 amide bonds. The number of carbonyl (C=O) groups is 2. The minimum atomic E-state index is -0.377. The molecule has 1 fully saturated rings. The van der Waals surface area contributed by atoms with Gasteiger partial charge in [0, 0.05) is 41.2 Å². The summed E-state index contributed by atoms with van der Waals surface area (Å²) in [5, 5.41) is 3.57. The van der Waals surface area contributed by atoms with E-state index in [1.807, 2.05) is 4.90 Å². The zero-order valence-electron chi connectivity index (χ0n) is 14.3. The maximum absolute atomic E-state index is 12.7. The number of benzene rings is 1. The molecule has 7 heteroatoms. The number of halogens is 2. The number of nitrogens with zero attached hydrogens (tertiary/aromatic N) is 2. The fraction of sp³-hybridized carbons (Fsp3) is 0.316. The van der Waals surface area contributed by atoms with Gasteiger partial charge in [-0.25, -0.2) is 0 Å². The van der Waals surface area contributed by atoms with Gasteiger partial charge >= 0.3 is 0 Å². The summed E-state index contributed by atoms with van der Waals surface area (Å²) in [6, 6.07) is 6.35. The zero-order valence-corrected chi connectivity index (χ0v) is 15.8. The van der Waals surface area contributed by atoms with Crippen LogP contribution in [-0.4, -0.2) is 34.8 Å². The van der Waals surface area contributed by atoms with Gasteiger partial charge in [-0.2, -0.15) is 0 Å². The first kappa shape index (κ1) is 18.7. The van der Waals surface area contributed by atoms with Crippen molar-refractivity contribution in [3.63, 3.8) is 0 Å². The predicted molar refractivity (Wildman–Crippen MR) is 103 cm³/mol. The second kappa shape index (κ2) is 8.06. The lowest BCUT2D eigenvalue weighted by Gasteiger charge is -2.30. The highest BCUT2D eigenvalue weighted by Gasteiger charge is 2.23. The van der Waals surface area contributed by atoms with Crippen molar-refractivity contribution < 1.29 is 9.59 Å². The fourth-order valence-electron chi connectivity index (χ4n) is 3.07. The van der Waals surface area contributed by atoms with Crippen molar-refractivity contribution in [2.75, 3.05) is 18.4 Å². The molecular weight excluding hydrogens is 373 g/mol. The van der Waals surface area contributed by atoms with Gasteiger partial charge < -0.3 is 10.2 Å². The average Bonchev–Trinajstić information content (AvgIpc) is 2.60. The second-order valence-electron chi connectivity index (χ2n) is 6.57. The Kier molecular flexibility index (Phi) is 5.79. The van der Waals surface area contributed by atoms with E-state index in [9.17, 15) is 9.59 Å². The summed E-state index contributed by atoms with van der Waals surface area (Å²) < 4.78 is 0. The Morgan fingerprint density at radius 3 is 2.50 bits per heavy atom. The van der Waals surface area contributed by atoms with Gasteiger partial charge in [0.05, 0.1) is 11.1 Å². The Balaban J connectivity index is 1.75. The maximum atomic E-state index is 12.7. The first-order valence-electron chi connectivity index (χ1n) is 8.44. The number of hydrogen-bond acceptors (Lipinski definition) is 3. The Hall–Kier alpha value is -2.11. The molecule has 1 atom stereocenters. The van der Waals surface area contributed by atoms with Crippen LogP contribution in [-0.2, 0) is 0 Å². The topological polar surface area (TPSA) is 62.3 Å². The molecule has 26 heavy (non-hydrogen) atoms. The molecule has 1 saturated heterocycles. The normalized spacial score (nSPS) is 17.0. The second-order valence-corrected chi connectivity index (χ2v) is 7.45. The van der Waals surface area contributed by atoms with Crippen molar-refractivity contribution >= 4 is 40.7 Å². The number of pyridine rings is 1. The average molecular weight is 392 g/mol. The summed E-state index contributed by atoms with van der Waals surface area (Å²) in [5.41, 5.74) is 1.20. The maximum Gasteiger partial charge on any atom is 0.257 e. The third-order valence-electron chi connectivity index (χ3n) is 4.31. The van der Waals surface area contributed by atoms with E-state index in [-0.39, 0.29) is 11.8 Å². The molecule has 1 aliphatic rings. The van der Waals surface area contributed by atoms with E-state index >= 15 is 0 Å². The van der Waals surface area contributed by atoms with E-state index < -0.39 is 0 Å². The van der Waals surface area contributed by atoms with E-state index in [2.05, 4.69) is 17.2 Å². The molecule has 0 bridgehead atoms. The van der Waals surface area contributed by atoms with E-state index in [4.69, 9.17) is 23.2 Å². The van der Waals surface area contributed by atoms with Gasteiger partial charge in [-0.1, -0.05) is 30.1 Å². The number of piperidine rings is 1. The summed E-state index contributed by atoms with van der Waals surface area (Å²) >= 11 is 11.9. The molecule has 2 aromatic rings. The highest BCUT2D eigenvalue weighted by Crippen LogP contribution is 2.23. The van der Waals surface area contributed by atoms with Crippen LogP contribution in [0.5, 0.6) is 0 Å². The number of hydrogen-bond donors (Lipinski definition) is 1. The molecule has 0 saturated carbocycles. The van der Waals surface area contributed by atoms with Gasteiger partial charge in [0.2, 0.25) is 0 Å². The van der Waals surface area contributed by atoms with Gasteiger partial charge in [0.15, 0.2) is 0 Å². The van der Waals surface area contributed by atoms with Crippen LogP contribution in [0.2, 0.25) is 10.0 Å². The number of amides is 2. The summed E-state index contributed by atoms with van der Waals surface area (Å²) in [6.45, 7) is 3.61. The van der Waals surface area contributed by atoms with E-state index in [0.29, 0.717) is 32.8 Å². The molecule has 1 unspecified atom stereocenters. The van der Waals surface area contributed by atoms with Crippen molar-refractivity contribution in [2.24, 2.45) is 5.92 Å². The van der Waals surface area contributed by atoms with Gasteiger partial charge in [0.25, 0.3) is 11.8 Å². The Morgan fingerprint density at radius 1 is 1.12 bits per heavy atom. The number of likely N-dealkylation sites (tertiary alicyclic amines) is 1. The van der Waals surface area contributed by atoms with Crippen LogP contribution in [0, 0.1) is 5.92 Å². The van der Waals surface area contributed by atoms with Crippen LogP contribution in [0.25, 0.3) is 0 Å². The predicted octanol–water partition coefficient (Wildman–Crippen LogP) is 4.51. The van der Waals surface area contributed by atoms with Crippen molar-refractivity contribution in [2.45, 2.75) is 19.8 Å². The van der Waals surface area contributed by atoms with Gasteiger partial charge in [-0.3, -0.25) is 14.6 Å². The molecule has 1 N–H and O–H groups in total. The van der Waals surface area contributed by atoms with Crippen molar-refractivity contribution in [3.8, 4) is 0 Å². The molecule has 0 aliphatic carbocycles. The van der Waals surface area contributed by atoms with Crippen LogP contribution in [0.3, 0.4) is 0 Å². The van der Waals surface area contributed by atoms with E-state index in [1.165, 1.54) is 12.4 Å². The summed E-state index contributed by atoms with van der Waals surface area (Å²) in [7, 11) is 0. The number of anilines is 1. The number of aromatic nitrogens is 1. The lowest BCUT2D eigenvalue weighted by atomic mass is 9.99. The first-order valence-corrected chi connectivity index (χ1v) is 9.20. The molecular formula is C19H19Cl2N3O2. The Labute approximate surface area is 162 Å². The van der Waals surface area contributed by atoms with Crippen LogP contribution in [0.4, 0.5) is 5.69 Å². The van der Waals surface area contributed by atoms with Crippen LogP contribution in [0.1, 0.15) is 40.5 Å². The monoisotopic (exact) mass is 391 g/mol. The fourth-order valence-corrected chi connectivity index (χ4v) is 3.59. The molecule has 1 aromatic heterocycles. The number of carbonyl (C=O) groups excluding carboxylic acids is 2. The van der Waals surface area contributed by atoms with Gasteiger partial charge in [-0.15, -0.1) is 0 Å². The molecule has 136 valence electrons. The zero-order chi connectivity index (χ0) is 18.7. The molecule has 3 rings (SSSR count). The molecule has 0 radical (unpaired) electrons. The number of rotatable bonds is 3. The summed E-state index contributed by atoms with van der Waals surface area (Å²) in [5.74, 6) is 0.0155. The minimum Gasteiger partial charge on any atom is -0.338 e. The van der Waals surface area contributed by atoms with Crippen LogP contribution in [0.15, 0.2) is 36.7 Å². The number of nitrogens with one attached hydrogen (secondary N) is 1. The van der Waals surface area contributed by atoms with Crippen molar-refractivity contribution in [3.05, 3.63) is 57.8 Å². The SMILES string of the molecule is CC1CCCN(C(=O)c2cncc(C(=O)Nc3cc(Cl)cc(Cl)c3)c2)C1. The Morgan fingerprint density at radius 2 is 1.81 bits per heavy atom. The summed E-state index contributed by atoms with van der Waals surface area (Å²) in [4.78, 5) is 31.0. The van der Waals surface area contributed by atoms with E-state index in [0.717, 1.165) is 25.9 Å². The van der Waals surface area contributed by atoms with Crippen molar-refractivity contribution in [1.82, 2.24) is 9.88 Å². The lowest BCUT2D eigenvalue weighted by molar-refractivity contribution is 0.0682. The first-order chi connectivity index (χ1) is 12.4. The van der Waals surface area contributed by atoms with Gasteiger partial charge in [-0.05, 0) is 43.0 Å². The van der Waals surface area contributed by atoms with Crippen LogP contribution < -0.4 is 5.32 Å². The quantitative estimate of drug-likeness (QED) is 0.836. The molecule has 5 nitrogen and oxygen atoms in total. The largest absolute Gasteiger partial charge is 0.338 e. The highest BCUT2D eigenvalue weighted by molar-refractivity contribution is 6.35. The van der Waals surface area contributed by atoms with Gasteiger partial charge in [0.1, 0.15) is 0 Å².